The standard InChI is InChI=1S/C24H33FN2O5/c1-14-4-7-19-15(2)20(8-9-21(28)27-13-17-6-5-16(25)12-26-17)29-22-24(19)18(14)10-11-23(3,30-22)31-32-24/h5-6,12,14-15,18-20,22H,4,7-11,13H2,1-3H3,(H,27,28)/t14-,15-,18+,19+,20-,22-,23+,24-/m1/s1. The summed E-state index contributed by atoms with van der Waals surface area (Å²) in [5.41, 5.74) is 0.0553. The number of ether oxygens (including phenoxy) is 2. The molecule has 0 aromatic carbocycles. The van der Waals surface area contributed by atoms with Crippen LogP contribution in [0, 0.1) is 29.5 Å². The molecule has 5 aliphatic rings. The van der Waals surface area contributed by atoms with Crippen LogP contribution in [0.15, 0.2) is 18.3 Å². The zero-order valence-electron chi connectivity index (χ0n) is 19.0. The van der Waals surface area contributed by atoms with Crippen LogP contribution >= 0.6 is 0 Å². The summed E-state index contributed by atoms with van der Waals surface area (Å²) in [6.07, 6.45) is 5.53. The lowest BCUT2D eigenvalue weighted by Crippen LogP contribution is -2.70. The molecule has 0 radical (unpaired) electrons. The Morgan fingerprint density at radius 1 is 1.22 bits per heavy atom. The Balaban J connectivity index is 1.25. The first kappa shape index (κ1) is 22.2. The van der Waals surface area contributed by atoms with E-state index in [1.165, 1.54) is 6.07 Å². The van der Waals surface area contributed by atoms with E-state index >= 15 is 0 Å². The van der Waals surface area contributed by atoms with Gasteiger partial charge >= 0.3 is 0 Å². The molecule has 0 unspecified atom stereocenters. The van der Waals surface area contributed by atoms with Crippen LogP contribution in [-0.4, -0.2) is 34.7 Å². The Kier molecular flexibility index (Phi) is 5.76. The van der Waals surface area contributed by atoms with E-state index in [9.17, 15) is 9.18 Å². The second kappa shape index (κ2) is 8.31. The lowest BCUT2D eigenvalue weighted by atomic mass is 9.57. The van der Waals surface area contributed by atoms with Gasteiger partial charge in [0, 0.05) is 18.8 Å². The van der Waals surface area contributed by atoms with E-state index in [1.54, 1.807) is 6.07 Å². The van der Waals surface area contributed by atoms with Crippen LogP contribution in [0.25, 0.3) is 0 Å². The SMILES string of the molecule is C[C@H]1[C@@H](CCC(=O)NCc2ccc(F)cn2)O[C@@H]2O[C@]3(C)CC[C@H]4[C@H](C)CC[C@@H]1[C@@]24OO3. The van der Waals surface area contributed by atoms with Crippen molar-refractivity contribution in [1.82, 2.24) is 10.3 Å². The van der Waals surface area contributed by atoms with Gasteiger partial charge in [0.25, 0.3) is 0 Å². The molecule has 7 nitrogen and oxygen atoms in total. The first-order valence-electron chi connectivity index (χ1n) is 11.9. The quantitative estimate of drug-likeness (QED) is 0.689. The van der Waals surface area contributed by atoms with E-state index in [-0.39, 0.29) is 30.4 Å². The molecule has 1 spiro atoms. The highest BCUT2D eigenvalue weighted by Crippen LogP contribution is 2.60. The van der Waals surface area contributed by atoms with Gasteiger partial charge in [-0.2, -0.15) is 0 Å². The molecule has 1 amide bonds. The van der Waals surface area contributed by atoms with E-state index in [4.69, 9.17) is 19.2 Å². The largest absolute Gasteiger partial charge is 0.350 e. The summed E-state index contributed by atoms with van der Waals surface area (Å²) in [6.45, 7) is 6.70. The van der Waals surface area contributed by atoms with Crippen molar-refractivity contribution >= 4 is 5.91 Å². The van der Waals surface area contributed by atoms with Crippen LogP contribution in [0.2, 0.25) is 0 Å². The van der Waals surface area contributed by atoms with E-state index < -0.39 is 23.5 Å². The number of aromatic nitrogens is 1. The van der Waals surface area contributed by atoms with E-state index in [0.29, 0.717) is 30.4 Å². The van der Waals surface area contributed by atoms with Crippen molar-refractivity contribution in [3.63, 3.8) is 0 Å². The molecule has 1 N–H and O–H groups in total. The molecule has 2 bridgehead atoms. The molecule has 1 aromatic rings. The number of hydrogen-bond acceptors (Lipinski definition) is 6. The lowest BCUT2D eigenvalue weighted by molar-refractivity contribution is -0.571. The fourth-order valence-corrected chi connectivity index (χ4v) is 6.37. The molecule has 1 aromatic heterocycles. The van der Waals surface area contributed by atoms with Crippen molar-refractivity contribution in [1.29, 1.82) is 0 Å². The van der Waals surface area contributed by atoms with E-state index in [2.05, 4.69) is 24.1 Å². The predicted molar refractivity (Wildman–Crippen MR) is 112 cm³/mol. The normalized spacial score (nSPS) is 42.8. The number of fused-ring (bicyclic) bond motifs is 2. The van der Waals surface area contributed by atoms with Crippen LogP contribution in [0.3, 0.4) is 0 Å². The summed E-state index contributed by atoms with van der Waals surface area (Å²) in [4.78, 5) is 28.5. The minimum atomic E-state index is -0.789. The van der Waals surface area contributed by atoms with Crippen molar-refractivity contribution in [2.45, 2.75) is 89.6 Å². The number of nitrogens with one attached hydrogen (secondary N) is 1. The fraction of sp³-hybridized carbons (Fsp3) is 0.750. The van der Waals surface area contributed by atoms with Crippen molar-refractivity contribution < 1.29 is 28.4 Å². The van der Waals surface area contributed by atoms with E-state index in [0.717, 1.165) is 31.9 Å². The Bertz CT molecular complexity index is 853. The minimum absolute atomic E-state index is 0.0720. The van der Waals surface area contributed by atoms with Crippen LogP contribution in [-0.2, 0) is 30.6 Å². The van der Waals surface area contributed by atoms with Gasteiger partial charge in [-0.3, -0.25) is 9.78 Å². The topological polar surface area (TPSA) is 78.9 Å². The number of pyridine rings is 1. The van der Waals surface area contributed by atoms with Crippen LogP contribution in [0.5, 0.6) is 0 Å². The van der Waals surface area contributed by atoms with Crippen molar-refractivity contribution in [2.24, 2.45) is 23.7 Å². The molecule has 176 valence electrons. The maximum Gasteiger partial charge on any atom is 0.220 e. The smallest absolute Gasteiger partial charge is 0.220 e. The third-order valence-electron chi connectivity index (χ3n) is 8.21. The number of halogens is 1. The van der Waals surface area contributed by atoms with Gasteiger partial charge in [0.2, 0.25) is 11.7 Å². The number of rotatable bonds is 5. The highest BCUT2D eigenvalue weighted by atomic mass is 19.1. The average molecular weight is 449 g/mol. The molecular formula is C24H33FN2O5. The van der Waals surface area contributed by atoms with E-state index in [1.807, 2.05) is 6.92 Å². The Morgan fingerprint density at radius 2 is 2.06 bits per heavy atom. The zero-order chi connectivity index (χ0) is 22.5. The van der Waals surface area contributed by atoms with Gasteiger partial charge in [0.1, 0.15) is 5.82 Å². The van der Waals surface area contributed by atoms with Gasteiger partial charge < -0.3 is 14.8 Å². The summed E-state index contributed by atoms with van der Waals surface area (Å²) in [7, 11) is 0. The monoisotopic (exact) mass is 448 g/mol. The maximum absolute atomic E-state index is 13.0. The second-order valence-electron chi connectivity index (χ2n) is 10.2. The van der Waals surface area contributed by atoms with Gasteiger partial charge in [-0.25, -0.2) is 14.2 Å². The highest BCUT2D eigenvalue weighted by Gasteiger charge is 2.69. The van der Waals surface area contributed by atoms with Gasteiger partial charge in [-0.05, 0) is 62.5 Å². The molecule has 32 heavy (non-hydrogen) atoms. The number of carbonyl (C=O) groups excluding carboxylic acids is 1. The molecule has 5 fully saturated rings. The minimum Gasteiger partial charge on any atom is -0.350 e. The van der Waals surface area contributed by atoms with Crippen molar-refractivity contribution in [3.8, 4) is 0 Å². The Morgan fingerprint density at radius 3 is 2.84 bits per heavy atom. The summed E-state index contributed by atoms with van der Waals surface area (Å²) >= 11 is 0. The van der Waals surface area contributed by atoms with Gasteiger partial charge in [0.05, 0.1) is 24.5 Å². The highest BCUT2D eigenvalue weighted by molar-refractivity contribution is 5.75. The van der Waals surface area contributed by atoms with Crippen LogP contribution in [0.4, 0.5) is 4.39 Å². The molecule has 8 atom stereocenters. The van der Waals surface area contributed by atoms with Crippen LogP contribution in [0.1, 0.15) is 65.0 Å². The Hall–Kier alpha value is -1.61. The maximum atomic E-state index is 13.0. The van der Waals surface area contributed by atoms with Gasteiger partial charge in [0.15, 0.2) is 11.9 Å². The number of nitrogens with zero attached hydrogens (tertiary/aromatic N) is 1. The lowest BCUT2D eigenvalue weighted by Gasteiger charge is -2.60. The average Bonchev–Trinajstić information content (AvgIpc) is 3.01. The predicted octanol–water partition coefficient (Wildman–Crippen LogP) is 3.87. The molecule has 1 aliphatic carbocycles. The molecule has 6 rings (SSSR count). The van der Waals surface area contributed by atoms with Crippen molar-refractivity contribution in [2.75, 3.05) is 0 Å². The zero-order valence-corrected chi connectivity index (χ0v) is 19.0. The summed E-state index contributed by atoms with van der Waals surface area (Å²) < 4.78 is 25.9. The molecular weight excluding hydrogens is 415 g/mol. The molecule has 4 aliphatic heterocycles. The summed E-state index contributed by atoms with van der Waals surface area (Å²) in [6, 6.07) is 2.91. The molecule has 5 heterocycles. The molecule has 4 saturated heterocycles. The third-order valence-corrected chi connectivity index (χ3v) is 8.21. The summed E-state index contributed by atoms with van der Waals surface area (Å²) in [5, 5.41) is 2.86. The number of amides is 1. The van der Waals surface area contributed by atoms with Crippen LogP contribution < -0.4 is 5.32 Å². The first-order valence-corrected chi connectivity index (χ1v) is 11.9. The summed E-state index contributed by atoms with van der Waals surface area (Å²) in [5.74, 6) is 0.104. The fourth-order valence-electron chi connectivity index (χ4n) is 6.37. The van der Waals surface area contributed by atoms with Gasteiger partial charge in [-0.15, -0.1) is 0 Å². The third kappa shape index (κ3) is 3.75. The molecule has 1 saturated carbocycles. The number of carbonyl (C=O) groups is 1. The molecule has 8 heteroatoms. The van der Waals surface area contributed by atoms with Crippen molar-refractivity contribution in [3.05, 3.63) is 29.8 Å². The number of hydrogen-bond donors (Lipinski definition) is 1. The second-order valence-corrected chi connectivity index (χ2v) is 10.2. The first-order chi connectivity index (χ1) is 15.3. The Labute approximate surface area is 188 Å². The van der Waals surface area contributed by atoms with Gasteiger partial charge in [-0.1, -0.05) is 13.8 Å².